The number of carbonyl (C=O) groups excluding carboxylic acids is 1. The average Bonchev–Trinajstić information content (AvgIpc) is 2.49. The summed E-state index contributed by atoms with van der Waals surface area (Å²) in [5.41, 5.74) is 9.51. The molecule has 2 aromatic rings. The molecule has 0 saturated heterocycles. The SMILES string of the molecule is COC(=O)Cc1ccccc1CN(C)c1ccncc1N. The fourth-order valence-corrected chi connectivity index (χ4v) is 2.20. The van der Waals surface area contributed by atoms with E-state index in [2.05, 4.69) is 4.98 Å². The Labute approximate surface area is 124 Å². The Bertz CT molecular complexity index is 628. The number of methoxy groups -OCH3 is 1. The number of ether oxygens (including phenoxy) is 1. The molecule has 2 N–H and O–H groups in total. The molecule has 0 fully saturated rings. The second kappa shape index (κ2) is 6.74. The van der Waals surface area contributed by atoms with Crippen molar-refractivity contribution in [3.8, 4) is 0 Å². The predicted molar refractivity (Wildman–Crippen MR) is 82.9 cm³/mol. The zero-order chi connectivity index (χ0) is 15.2. The van der Waals surface area contributed by atoms with E-state index in [1.54, 1.807) is 12.4 Å². The normalized spacial score (nSPS) is 10.2. The number of pyridine rings is 1. The minimum absolute atomic E-state index is 0.242. The van der Waals surface area contributed by atoms with Gasteiger partial charge in [-0.3, -0.25) is 9.78 Å². The fraction of sp³-hybridized carbons (Fsp3) is 0.250. The number of rotatable bonds is 5. The molecule has 1 aromatic carbocycles. The molecule has 5 nitrogen and oxygen atoms in total. The van der Waals surface area contributed by atoms with Gasteiger partial charge in [0.1, 0.15) is 0 Å². The lowest BCUT2D eigenvalue weighted by atomic mass is 10.0. The van der Waals surface area contributed by atoms with Crippen molar-refractivity contribution in [1.82, 2.24) is 4.98 Å². The van der Waals surface area contributed by atoms with Crippen molar-refractivity contribution in [1.29, 1.82) is 0 Å². The Morgan fingerprint density at radius 1 is 1.29 bits per heavy atom. The minimum atomic E-state index is -0.242. The van der Waals surface area contributed by atoms with E-state index in [4.69, 9.17) is 10.5 Å². The molecule has 0 saturated carbocycles. The Balaban J connectivity index is 2.19. The zero-order valence-corrected chi connectivity index (χ0v) is 12.2. The van der Waals surface area contributed by atoms with Crippen molar-refractivity contribution in [3.63, 3.8) is 0 Å². The van der Waals surface area contributed by atoms with Crippen LogP contribution in [-0.2, 0) is 22.5 Å². The third-order valence-electron chi connectivity index (χ3n) is 3.33. The second-order valence-corrected chi connectivity index (χ2v) is 4.81. The quantitative estimate of drug-likeness (QED) is 0.851. The molecular weight excluding hydrogens is 266 g/mol. The van der Waals surface area contributed by atoms with Crippen LogP contribution in [0.25, 0.3) is 0 Å². The molecule has 1 heterocycles. The number of benzene rings is 1. The number of nitrogens with two attached hydrogens (primary N) is 1. The molecule has 21 heavy (non-hydrogen) atoms. The van der Waals surface area contributed by atoms with Crippen molar-refractivity contribution in [2.24, 2.45) is 0 Å². The van der Waals surface area contributed by atoms with Crippen LogP contribution >= 0.6 is 0 Å². The summed E-state index contributed by atoms with van der Waals surface area (Å²) in [4.78, 5) is 17.5. The predicted octanol–water partition coefficient (Wildman–Crippen LogP) is 2.02. The first-order chi connectivity index (χ1) is 10.1. The highest BCUT2D eigenvalue weighted by Gasteiger charge is 2.11. The maximum absolute atomic E-state index is 11.5. The van der Waals surface area contributed by atoms with Crippen LogP contribution in [0.3, 0.4) is 0 Å². The Hall–Kier alpha value is -2.56. The highest BCUT2D eigenvalue weighted by atomic mass is 16.5. The highest BCUT2D eigenvalue weighted by Crippen LogP contribution is 2.23. The molecular formula is C16H19N3O2. The summed E-state index contributed by atoms with van der Waals surface area (Å²) >= 11 is 0. The summed E-state index contributed by atoms with van der Waals surface area (Å²) in [7, 11) is 3.36. The van der Waals surface area contributed by atoms with Crippen molar-refractivity contribution in [3.05, 3.63) is 53.9 Å². The first-order valence-electron chi connectivity index (χ1n) is 6.66. The molecule has 0 aliphatic rings. The van der Waals surface area contributed by atoms with Crippen LogP contribution in [0.15, 0.2) is 42.7 Å². The number of nitrogens with zero attached hydrogens (tertiary/aromatic N) is 2. The summed E-state index contributed by atoms with van der Waals surface area (Å²) in [5, 5.41) is 0. The smallest absolute Gasteiger partial charge is 0.309 e. The fourth-order valence-electron chi connectivity index (χ4n) is 2.20. The van der Waals surface area contributed by atoms with Crippen LogP contribution in [0, 0.1) is 0 Å². The summed E-state index contributed by atoms with van der Waals surface area (Å²) in [6.07, 6.45) is 3.61. The Morgan fingerprint density at radius 3 is 2.67 bits per heavy atom. The van der Waals surface area contributed by atoms with Gasteiger partial charge in [-0.15, -0.1) is 0 Å². The van der Waals surface area contributed by atoms with E-state index in [-0.39, 0.29) is 12.4 Å². The van der Waals surface area contributed by atoms with Crippen molar-refractivity contribution >= 4 is 17.3 Å². The van der Waals surface area contributed by atoms with Gasteiger partial charge in [-0.25, -0.2) is 0 Å². The highest BCUT2D eigenvalue weighted by molar-refractivity contribution is 5.73. The maximum Gasteiger partial charge on any atom is 0.309 e. The first-order valence-corrected chi connectivity index (χ1v) is 6.66. The molecule has 5 heteroatoms. The number of hydrogen-bond donors (Lipinski definition) is 1. The third-order valence-corrected chi connectivity index (χ3v) is 3.33. The van der Waals surface area contributed by atoms with Crippen molar-refractivity contribution in [2.45, 2.75) is 13.0 Å². The molecule has 0 unspecified atom stereocenters. The average molecular weight is 285 g/mol. The number of carbonyl (C=O) groups is 1. The van der Waals surface area contributed by atoms with Gasteiger partial charge in [-0.1, -0.05) is 24.3 Å². The Morgan fingerprint density at radius 2 is 2.00 bits per heavy atom. The van der Waals surface area contributed by atoms with Gasteiger partial charge in [-0.2, -0.15) is 0 Å². The maximum atomic E-state index is 11.5. The van der Waals surface area contributed by atoms with Crippen LogP contribution in [-0.4, -0.2) is 25.1 Å². The van der Waals surface area contributed by atoms with E-state index in [0.717, 1.165) is 16.8 Å². The van der Waals surface area contributed by atoms with Crippen LogP contribution in [0.5, 0.6) is 0 Å². The first kappa shape index (κ1) is 14.8. The number of anilines is 2. The molecule has 0 amide bonds. The van der Waals surface area contributed by atoms with Crippen LogP contribution in [0.2, 0.25) is 0 Å². The lowest BCUT2D eigenvalue weighted by Crippen LogP contribution is -2.19. The van der Waals surface area contributed by atoms with Gasteiger partial charge in [0.25, 0.3) is 0 Å². The van der Waals surface area contributed by atoms with Gasteiger partial charge in [-0.05, 0) is 17.2 Å². The molecule has 0 radical (unpaired) electrons. The van der Waals surface area contributed by atoms with Crippen LogP contribution < -0.4 is 10.6 Å². The molecule has 0 atom stereocenters. The summed E-state index contributed by atoms with van der Waals surface area (Å²) in [5.74, 6) is -0.242. The molecule has 0 aliphatic carbocycles. The summed E-state index contributed by atoms with van der Waals surface area (Å²) < 4.78 is 4.74. The van der Waals surface area contributed by atoms with E-state index >= 15 is 0 Å². The molecule has 1 aromatic heterocycles. The summed E-state index contributed by atoms with van der Waals surface area (Å²) in [6, 6.07) is 9.70. The van der Waals surface area contributed by atoms with E-state index in [9.17, 15) is 4.79 Å². The topological polar surface area (TPSA) is 68.5 Å². The van der Waals surface area contributed by atoms with Crippen molar-refractivity contribution < 1.29 is 9.53 Å². The van der Waals surface area contributed by atoms with Gasteiger partial charge in [0, 0.05) is 19.8 Å². The van der Waals surface area contributed by atoms with Crippen LogP contribution in [0.4, 0.5) is 11.4 Å². The summed E-state index contributed by atoms with van der Waals surface area (Å²) in [6.45, 7) is 0.654. The van der Waals surface area contributed by atoms with Gasteiger partial charge >= 0.3 is 5.97 Å². The standard InChI is InChI=1S/C16H19N3O2/c1-19(15-7-8-18-10-14(15)17)11-13-6-4-3-5-12(13)9-16(20)21-2/h3-8,10H,9,11,17H2,1-2H3. The third kappa shape index (κ3) is 3.72. The van der Waals surface area contributed by atoms with Gasteiger partial charge < -0.3 is 15.4 Å². The zero-order valence-electron chi connectivity index (χ0n) is 12.2. The van der Waals surface area contributed by atoms with E-state index in [1.165, 1.54) is 7.11 Å². The van der Waals surface area contributed by atoms with Gasteiger partial charge in [0.15, 0.2) is 0 Å². The molecule has 0 bridgehead atoms. The lowest BCUT2D eigenvalue weighted by Gasteiger charge is -2.22. The number of nitrogen functional groups attached to an aromatic ring is 1. The Kier molecular flexibility index (Phi) is 4.77. The largest absolute Gasteiger partial charge is 0.469 e. The lowest BCUT2D eigenvalue weighted by molar-refractivity contribution is -0.139. The van der Waals surface area contributed by atoms with E-state index in [1.807, 2.05) is 42.3 Å². The van der Waals surface area contributed by atoms with Gasteiger partial charge in [0.2, 0.25) is 0 Å². The van der Waals surface area contributed by atoms with E-state index in [0.29, 0.717) is 12.2 Å². The molecule has 0 aliphatic heterocycles. The van der Waals surface area contributed by atoms with E-state index < -0.39 is 0 Å². The number of esters is 1. The number of hydrogen-bond acceptors (Lipinski definition) is 5. The molecule has 0 spiro atoms. The minimum Gasteiger partial charge on any atom is -0.469 e. The number of aromatic nitrogens is 1. The van der Waals surface area contributed by atoms with Gasteiger partial charge in [0.05, 0.1) is 31.1 Å². The molecule has 110 valence electrons. The molecule has 2 rings (SSSR count). The monoisotopic (exact) mass is 285 g/mol. The second-order valence-electron chi connectivity index (χ2n) is 4.81. The van der Waals surface area contributed by atoms with Crippen molar-refractivity contribution in [2.75, 3.05) is 24.8 Å². The van der Waals surface area contributed by atoms with Crippen LogP contribution in [0.1, 0.15) is 11.1 Å².